The van der Waals surface area contributed by atoms with Gasteiger partial charge in [-0.05, 0) is 29.2 Å². The average Bonchev–Trinajstić information content (AvgIpc) is 2.58. The van der Waals surface area contributed by atoms with Crippen LogP contribution in [-0.4, -0.2) is 18.4 Å². The molecule has 4 nitrogen and oxygen atoms in total. The third kappa shape index (κ3) is 5.25. The molecule has 2 rings (SSSR count). The van der Waals surface area contributed by atoms with Crippen molar-refractivity contribution in [2.45, 2.75) is 26.4 Å². The van der Waals surface area contributed by atoms with E-state index >= 15 is 0 Å². The summed E-state index contributed by atoms with van der Waals surface area (Å²) in [6, 6.07) is 16.8. The lowest BCUT2D eigenvalue weighted by molar-refractivity contribution is -0.143. The van der Waals surface area contributed by atoms with Crippen LogP contribution >= 0.6 is 0 Å². The normalized spacial score (nSPS) is 10.4. The second-order valence-corrected chi connectivity index (χ2v) is 5.61. The lowest BCUT2D eigenvalue weighted by Gasteiger charge is -2.08. The van der Waals surface area contributed by atoms with Crippen molar-refractivity contribution in [1.82, 2.24) is 5.32 Å². The standard InChI is InChI=1S/C19H21NO3/c1-14(2)16-8-10-17(11-9-16)19(22)20-12-18(21)23-13-15-6-4-3-5-7-15/h3-11,14H,12-13H2,1-2H3,(H,20,22). The molecule has 0 bridgehead atoms. The predicted octanol–water partition coefficient (Wildman–Crippen LogP) is 3.28. The monoisotopic (exact) mass is 311 g/mol. The number of ether oxygens (including phenoxy) is 1. The highest BCUT2D eigenvalue weighted by Gasteiger charge is 2.09. The molecule has 1 amide bonds. The van der Waals surface area contributed by atoms with Crippen molar-refractivity contribution in [2.75, 3.05) is 6.54 Å². The molecule has 1 N–H and O–H groups in total. The summed E-state index contributed by atoms with van der Waals surface area (Å²) in [5, 5.41) is 2.57. The molecule has 2 aromatic carbocycles. The van der Waals surface area contributed by atoms with Crippen LogP contribution in [0.4, 0.5) is 0 Å². The van der Waals surface area contributed by atoms with Gasteiger partial charge in [0.05, 0.1) is 0 Å². The third-order valence-electron chi connectivity index (χ3n) is 3.48. The average molecular weight is 311 g/mol. The highest BCUT2D eigenvalue weighted by atomic mass is 16.5. The molecule has 0 aliphatic rings. The van der Waals surface area contributed by atoms with E-state index < -0.39 is 5.97 Å². The van der Waals surface area contributed by atoms with Crippen molar-refractivity contribution >= 4 is 11.9 Å². The van der Waals surface area contributed by atoms with Crippen molar-refractivity contribution in [3.05, 3.63) is 71.3 Å². The minimum atomic E-state index is -0.457. The van der Waals surface area contributed by atoms with Gasteiger partial charge in [-0.1, -0.05) is 56.3 Å². The number of amides is 1. The fourth-order valence-electron chi connectivity index (χ4n) is 2.06. The lowest BCUT2D eigenvalue weighted by atomic mass is 10.0. The highest BCUT2D eigenvalue weighted by Crippen LogP contribution is 2.14. The number of benzene rings is 2. The first-order valence-electron chi connectivity index (χ1n) is 7.64. The lowest BCUT2D eigenvalue weighted by Crippen LogP contribution is -2.30. The Hall–Kier alpha value is -2.62. The number of carbonyl (C=O) groups is 2. The van der Waals surface area contributed by atoms with Gasteiger partial charge in [0.1, 0.15) is 13.2 Å². The van der Waals surface area contributed by atoms with Crippen LogP contribution in [0.2, 0.25) is 0 Å². The smallest absolute Gasteiger partial charge is 0.325 e. The molecule has 0 unspecified atom stereocenters. The summed E-state index contributed by atoms with van der Waals surface area (Å²) < 4.78 is 5.11. The van der Waals surface area contributed by atoms with Crippen LogP contribution in [0.3, 0.4) is 0 Å². The summed E-state index contributed by atoms with van der Waals surface area (Å²) in [5.41, 5.74) is 2.62. The maximum Gasteiger partial charge on any atom is 0.325 e. The summed E-state index contributed by atoms with van der Waals surface area (Å²) in [5.74, 6) is -0.321. The molecule has 0 saturated carbocycles. The summed E-state index contributed by atoms with van der Waals surface area (Å²) in [6.07, 6.45) is 0. The van der Waals surface area contributed by atoms with Crippen molar-refractivity contribution < 1.29 is 14.3 Å². The largest absolute Gasteiger partial charge is 0.460 e. The van der Waals surface area contributed by atoms with E-state index in [9.17, 15) is 9.59 Å². The van der Waals surface area contributed by atoms with Crippen LogP contribution in [0, 0.1) is 0 Å². The Morgan fingerprint density at radius 1 is 1.00 bits per heavy atom. The van der Waals surface area contributed by atoms with Crippen LogP contribution in [0.1, 0.15) is 41.3 Å². The Bertz CT molecular complexity index is 648. The number of nitrogens with one attached hydrogen (secondary N) is 1. The molecule has 4 heteroatoms. The van der Waals surface area contributed by atoms with E-state index in [1.54, 1.807) is 12.1 Å². The fraction of sp³-hybridized carbons (Fsp3) is 0.263. The van der Waals surface area contributed by atoms with Crippen molar-refractivity contribution in [2.24, 2.45) is 0 Å². The SMILES string of the molecule is CC(C)c1ccc(C(=O)NCC(=O)OCc2ccccc2)cc1. The molecule has 0 atom stereocenters. The van der Waals surface area contributed by atoms with Crippen molar-refractivity contribution in [3.63, 3.8) is 0 Å². The van der Waals surface area contributed by atoms with Crippen LogP contribution < -0.4 is 5.32 Å². The molecular weight excluding hydrogens is 290 g/mol. The zero-order chi connectivity index (χ0) is 16.7. The van der Waals surface area contributed by atoms with Crippen LogP contribution in [0.15, 0.2) is 54.6 Å². The van der Waals surface area contributed by atoms with Gasteiger partial charge < -0.3 is 10.1 Å². The maximum atomic E-state index is 12.0. The Balaban J connectivity index is 1.78. The van der Waals surface area contributed by atoms with E-state index in [-0.39, 0.29) is 19.1 Å². The Morgan fingerprint density at radius 3 is 2.26 bits per heavy atom. The molecule has 0 fully saturated rings. The maximum absolute atomic E-state index is 12.0. The summed E-state index contributed by atoms with van der Waals surface area (Å²) in [7, 11) is 0. The van der Waals surface area contributed by atoms with Gasteiger partial charge >= 0.3 is 5.97 Å². The van der Waals surface area contributed by atoms with Gasteiger partial charge in [-0.15, -0.1) is 0 Å². The Morgan fingerprint density at radius 2 is 1.65 bits per heavy atom. The molecule has 23 heavy (non-hydrogen) atoms. The number of carbonyl (C=O) groups excluding carboxylic acids is 2. The van der Waals surface area contributed by atoms with Crippen LogP contribution in [0.25, 0.3) is 0 Å². The van der Waals surface area contributed by atoms with Gasteiger partial charge in [0.25, 0.3) is 5.91 Å². The van der Waals surface area contributed by atoms with Gasteiger partial charge in [0.15, 0.2) is 0 Å². The number of hydrogen-bond donors (Lipinski definition) is 1. The topological polar surface area (TPSA) is 55.4 Å². The van der Waals surface area contributed by atoms with Gasteiger partial charge in [-0.3, -0.25) is 9.59 Å². The Labute approximate surface area is 136 Å². The first-order chi connectivity index (χ1) is 11.1. The molecular formula is C19H21NO3. The minimum absolute atomic E-state index is 0.141. The second-order valence-electron chi connectivity index (χ2n) is 5.61. The molecule has 2 aromatic rings. The Kier molecular flexibility index (Phi) is 5.92. The van der Waals surface area contributed by atoms with E-state index in [4.69, 9.17) is 4.74 Å². The zero-order valence-electron chi connectivity index (χ0n) is 13.4. The fourth-order valence-corrected chi connectivity index (χ4v) is 2.06. The first kappa shape index (κ1) is 16.7. The van der Waals surface area contributed by atoms with Crippen molar-refractivity contribution in [3.8, 4) is 0 Å². The third-order valence-corrected chi connectivity index (χ3v) is 3.48. The zero-order valence-corrected chi connectivity index (χ0v) is 13.4. The number of hydrogen-bond acceptors (Lipinski definition) is 3. The number of esters is 1. The quantitative estimate of drug-likeness (QED) is 0.833. The van der Waals surface area contributed by atoms with E-state index in [0.29, 0.717) is 11.5 Å². The molecule has 0 aromatic heterocycles. The summed E-state index contributed by atoms with van der Waals surface area (Å²) in [4.78, 5) is 23.6. The van der Waals surface area contributed by atoms with E-state index in [0.717, 1.165) is 5.56 Å². The minimum Gasteiger partial charge on any atom is -0.460 e. The second kappa shape index (κ2) is 8.13. The summed E-state index contributed by atoms with van der Waals surface area (Å²) in [6.45, 7) is 4.26. The number of rotatable bonds is 6. The predicted molar refractivity (Wildman–Crippen MR) is 89.1 cm³/mol. The van der Waals surface area contributed by atoms with E-state index in [2.05, 4.69) is 19.2 Å². The summed E-state index contributed by atoms with van der Waals surface area (Å²) >= 11 is 0. The van der Waals surface area contributed by atoms with Gasteiger partial charge in [0, 0.05) is 5.56 Å². The highest BCUT2D eigenvalue weighted by molar-refractivity contribution is 5.95. The molecule has 120 valence electrons. The van der Waals surface area contributed by atoms with Crippen LogP contribution in [0.5, 0.6) is 0 Å². The van der Waals surface area contributed by atoms with Crippen LogP contribution in [-0.2, 0) is 16.1 Å². The molecule has 0 radical (unpaired) electrons. The van der Waals surface area contributed by atoms with E-state index in [1.165, 1.54) is 5.56 Å². The molecule has 0 aliphatic heterocycles. The molecule has 0 aliphatic carbocycles. The van der Waals surface area contributed by atoms with Gasteiger partial charge in [-0.2, -0.15) is 0 Å². The molecule has 0 heterocycles. The van der Waals surface area contributed by atoms with Gasteiger partial charge in [-0.25, -0.2) is 0 Å². The molecule has 0 spiro atoms. The van der Waals surface area contributed by atoms with Crippen molar-refractivity contribution in [1.29, 1.82) is 0 Å². The first-order valence-corrected chi connectivity index (χ1v) is 7.64. The van der Waals surface area contributed by atoms with E-state index in [1.807, 2.05) is 42.5 Å². The molecule has 0 saturated heterocycles. The van der Waals surface area contributed by atoms with Gasteiger partial charge in [0.2, 0.25) is 0 Å².